The van der Waals surface area contributed by atoms with Gasteiger partial charge in [0.25, 0.3) is 5.71 Å². The van der Waals surface area contributed by atoms with Gasteiger partial charge in [0.05, 0.1) is 5.69 Å². The second kappa shape index (κ2) is 7.34. The molecule has 1 aliphatic heterocycles. The van der Waals surface area contributed by atoms with E-state index in [1.54, 1.807) is 0 Å². The van der Waals surface area contributed by atoms with Crippen molar-refractivity contribution in [2.75, 3.05) is 18.0 Å². The summed E-state index contributed by atoms with van der Waals surface area (Å²) < 4.78 is 5.23. The molecule has 27 heavy (non-hydrogen) atoms. The van der Waals surface area contributed by atoms with Crippen LogP contribution in [-0.4, -0.2) is 34.1 Å². The van der Waals surface area contributed by atoms with Gasteiger partial charge in [-0.05, 0) is 32.3 Å². The van der Waals surface area contributed by atoms with E-state index < -0.39 is 0 Å². The lowest BCUT2D eigenvalue weighted by molar-refractivity contribution is -0.125. The van der Waals surface area contributed by atoms with Crippen molar-refractivity contribution in [2.45, 2.75) is 33.2 Å². The van der Waals surface area contributed by atoms with Crippen LogP contribution < -0.4 is 10.2 Å². The van der Waals surface area contributed by atoms with E-state index in [9.17, 15) is 4.79 Å². The fourth-order valence-electron chi connectivity index (χ4n) is 3.54. The van der Waals surface area contributed by atoms with Crippen LogP contribution in [0.5, 0.6) is 0 Å². The zero-order chi connectivity index (χ0) is 18.8. The van der Waals surface area contributed by atoms with Gasteiger partial charge in [0, 0.05) is 25.6 Å². The molecule has 140 valence electrons. The minimum absolute atomic E-state index is 0.0348. The molecule has 0 bridgehead atoms. The first-order valence-electron chi connectivity index (χ1n) is 9.27. The van der Waals surface area contributed by atoms with Gasteiger partial charge in [0.15, 0.2) is 0 Å². The van der Waals surface area contributed by atoms with Crippen molar-refractivity contribution in [3.8, 4) is 0 Å². The monoisotopic (exact) mass is 365 g/mol. The first kappa shape index (κ1) is 17.5. The molecule has 1 amide bonds. The lowest BCUT2D eigenvalue weighted by Crippen LogP contribution is -2.40. The summed E-state index contributed by atoms with van der Waals surface area (Å²) in [5.41, 5.74) is 3.64. The van der Waals surface area contributed by atoms with Crippen molar-refractivity contribution in [1.82, 2.24) is 20.4 Å². The molecule has 1 aliphatic rings. The molecular formula is C20H23N5O2. The van der Waals surface area contributed by atoms with E-state index in [2.05, 4.69) is 56.5 Å². The van der Waals surface area contributed by atoms with Gasteiger partial charge < -0.3 is 14.7 Å². The van der Waals surface area contributed by atoms with Gasteiger partial charge in [0.1, 0.15) is 17.5 Å². The van der Waals surface area contributed by atoms with Gasteiger partial charge in [-0.2, -0.15) is 4.98 Å². The third-order valence-electron chi connectivity index (χ3n) is 5.18. The maximum Gasteiger partial charge on any atom is 0.263 e. The number of hydrogen-bond donors (Lipinski definition) is 1. The number of carbonyl (C=O) groups is 1. The van der Waals surface area contributed by atoms with Crippen LogP contribution in [0.15, 0.2) is 35.1 Å². The molecule has 4 rings (SSSR count). The number of rotatable bonds is 4. The zero-order valence-corrected chi connectivity index (χ0v) is 15.6. The van der Waals surface area contributed by atoms with E-state index in [0.717, 1.165) is 48.4 Å². The Hall–Kier alpha value is -2.96. The van der Waals surface area contributed by atoms with Crippen LogP contribution in [0.4, 0.5) is 5.82 Å². The third kappa shape index (κ3) is 3.63. The number of aromatic nitrogens is 3. The molecule has 3 aromatic rings. The number of nitrogens with one attached hydrogen (secondary N) is 1. The van der Waals surface area contributed by atoms with Gasteiger partial charge >= 0.3 is 0 Å². The predicted molar refractivity (Wildman–Crippen MR) is 102 cm³/mol. The highest BCUT2D eigenvalue weighted by molar-refractivity contribution is 5.88. The summed E-state index contributed by atoms with van der Waals surface area (Å²) in [5.74, 6) is 1.01. The molecule has 7 nitrogen and oxygen atoms in total. The lowest BCUT2D eigenvalue weighted by Gasteiger charge is -2.32. The van der Waals surface area contributed by atoms with Crippen molar-refractivity contribution in [2.24, 2.45) is 5.92 Å². The van der Waals surface area contributed by atoms with Gasteiger partial charge in [-0.25, -0.2) is 4.98 Å². The average Bonchev–Trinajstić information content (AvgIpc) is 3.09. The first-order valence-corrected chi connectivity index (χ1v) is 9.27. The van der Waals surface area contributed by atoms with E-state index in [0.29, 0.717) is 12.3 Å². The fraction of sp³-hybridized carbons (Fsp3) is 0.400. The van der Waals surface area contributed by atoms with Crippen LogP contribution in [-0.2, 0) is 11.3 Å². The second-order valence-corrected chi connectivity index (χ2v) is 7.11. The molecule has 1 fully saturated rings. The van der Waals surface area contributed by atoms with Crippen LogP contribution >= 0.6 is 0 Å². The van der Waals surface area contributed by atoms with Gasteiger partial charge in [0.2, 0.25) is 5.91 Å². The Bertz CT molecular complexity index is 943. The molecule has 0 saturated carbocycles. The number of nitrogens with zero attached hydrogens (tertiary/aromatic N) is 4. The summed E-state index contributed by atoms with van der Waals surface area (Å²) in [4.78, 5) is 23.3. The van der Waals surface area contributed by atoms with Gasteiger partial charge in [-0.1, -0.05) is 35.0 Å². The highest BCUT2D eigenvalue weighted by Crippen LogP contribution is 2.29. The Kier molecular flexibility index (Phi) is 4.75. The Labute approximate surface area is 157 Å². The van der Waals surface area contributed by atoms with Crippen molar-refractivity contribution in [3.63, 3.8) is 0 Å². The highest BCUT2D eigenvalue weighted by atomic mass is 16.5. The topological polar surface area (TPSA) is 84.2 Å². The van der Waals surface area contributed by atoms with E-state index >= 15 is 0 Å². The van der Waals surface area contributed by atoms with E-state index in [1.807, 2.05) is 6.92 Å². The molecule has 0 atom stereocenters. The minimum Gasteiger partial charge on any atom is -0.356 e. The number of fused-ring (bicyclic) bond motifs is 1. The molecule has 2 aromatic heterocycles. The third-order valence-corrected chi connectivity index (χ3v) is 5.18. The SMILES string of the molecule is Cc1ccc(CNC(=O)C2CCN(c3ncnc4onc(C)c34)CC2)cc1. The predicted octanol–water partition coefficient (Wildman–Crippen LogP) is 2.77. The number of hydrogen-bond acceptors (Lipinski definition) is 6. The molecule has 0 unspecified atom stereocenters. The van der Waals surface area contributed by atoms with E-state index in [-0.39, 0.29) is 11.8 Å². The largest absolute Gasteiger partial charge is 0.356 e. The molecule has 0 aliphatic carbocycles. The summed E-state index contributed by atoms with van der Waals surface area (Å²) in [6, 6.07) is 8.24. The molecule has 1 N–H and O–H groups in total. The number of benzene rings is 1. The van der Waals surface area contributed by atoms with E-state index in [1.165, 1.54) is 11.9 Å². The number of carbonyl (C=O) groups excluding carboxylic acids is 1. The van der Waals surface area contributed by atoms with Crippen molar-refractivity contribution >= 4 is 22.8 Å². The quantitative estimate of drug-likeness (QED) is 0.765. The zero-order valence-electron chi connectivity index (χ0n) is 15.6. The maximum absolute atomic E-state index is 12.5. The number of piperidine rings is 1. The smallest absolute Gasteiger partial charge is 0.263 e. The average molecular weight is 365 g/mol. The summed E-state index contributed by atoms with van der Waals surface area (Å²) >= 11 is 0. The summed E-state index contributed by atoms with van der Waals surface area (Å²) in [6.07, 6.45) is 3.10. The van der Waals surface area contributed by atoms with Crippen LogP contribution in [0.25, 0.3) is 11.1 Å². The number of anilines is 1. The Morgan fingerprint density at radius 3 is 2.67 bits per heavy atom. The van der Waals surface area contributed by atoms with Crippen LogP contribution in [0.1, 0.15) is 29.7 Å². The molecule has 7 heteroatoms. The molecule has 1 saturated heterocycles. The Morgan fingerprint density at radius 1 is 1.19 bits per heavy atom. The molecule has 0 spiro atoms. The molecule has 1 aromatic carbocycles. The highest BCUT2D eigenvalue weighted by Gasteiger charge is 2.27. The standard InChI is InChI=1S/C20H23N5O2/c1-13-3-5-15(6-4-13)11-21-19(26)16-7-9-25(10-8-16)18-17-14(2)24-27-20(17)23-12-22-18/h3-6,12,16H,7-11H2,1-2H3,(H,21,26). The summed E-state index contributed by atoms with van der Waals surface area (Å²) in [5, 5.41) is 7.91. The Balaban J connectivity index is 1.36. The number of amides is 1. The van der Waals surface area contributed by atoms with E-state index in [4.69, 9.17) is 4.52 Å². The van der Waals surface area contributed by atoms with Crippen LogP contribution in [0.3, 0.4) is 0 Å². The fourth-order valence-corrected chi connectivity index (χ4v) is 3.54. The maximum atomic E-state index is 12.5. The number of aryl methyl sites for hydroxylation is 2. The van der Waals surface area contributed by atoms with Crippen molar-refractivity contribution < 1.29 is 9.32 Å². The van der Waals surface area contributed by atoms with Crippen molar-refractivity contribution in [3.05, 3.63) is 47.4 Å². The van der Waals surface area contributed by atoms with Gasteiger partial charge in [-0.3, -0.25) is 4.79 Å². The lowest BCUT2D eigenvalue weighted by atomic mass is 9.95. The van der Waals surface area contributed by atoms with Crippen LogP contribution in [0, 0.1) is 19.8 Å². The summed E-state index contributed by atoms with van der Waals surface area (Å²) in [6.45, 7) is 6.08. The second-order valence-electron chi connectivity index (χ2n) is 7.11. The minimum atomic E-state index is 0.0348. The normalized spacial score (nSPS) is 15.3. The summed E-state index contributed by atoms with van der Waals surface area (Å²) in [7, 11) is 0. The first-order chi connectivity index (χ1) is 13.1. The molecular weight excluding hydrogens is 342 g/mol. The molecule has 3 heterocycles. The van der Waals surface area contributed by atoms with Crippen molar-refractivity contribution in [1.29, 1.82) is 0 Å². The van der Waals surface area contributed by atoms with Crippen LogP contribution in [0.2, 0.25) is 0 Å². The molecule has 0 radical (unpaired) electrons. The van der Waals surface area contributed by atoms with Gasteiger partial charge in [-0.15, -0.1) is 0 Å². The Morgan fingerprint density at radius 2 is 1.93 bits per heavy atom.